The minimum Gasteiger partial charge on any atom is -0.382 e. The maximum absolute atomic E-state index is 10.4. The second kappa shape index (κ2) is 5.74. The number of nitrogens with zero attached hydrogens (tertiary/aromatic N) is 2. The molecule has 0 radical (unpaired) electrons. The molecule has 0 aliphatic heterocycles. The third-order valence-corrected chi connectivity index (χ3v) is 4.49. The summed E-state index contributed by atoms with van der Waals surface area (Å²) in [6, 6.07) is 5.40. The minimum atomic E-state index is -0.757. The minimum absolute atomic E-state index is 0.574. The van der Waals surface area contributed by atoms with Gasteiger partial charge in [0.25, 0.3) is 0 Å². The van der Waals surface area contributed by atoms with Crippen LogP contribution in [-0.4, -0.2) is 14.9 Å². The Morgan fingerprint density at radius 1 is 1.39 bits per heavy atom. The monoisotopic (exact) mass is 392 g/mol. The molecule has 1 unspecified atom stereocenters. The molecule has 0 aliphatic rings. The predicted molar refractivity (Wildman–Crippen MR) is 78.8 cm³/mol. The van der Waals surface area contributed by atoms with Crippen molar-refractivity contribution in [2.24, 2.45) is 0 Å². The zero-order valence-corrected chi connectivity index (χ0v) is 13.5. The number of aliphatic hydroxyl groups excluding tert-OH is 1. The van der Waals surface area contributed by atoms with Crippen LogP contribution in [0.25, 0.3) is 0 Å². The zero-order chi connectivity index (χ0) is 13.3. The Morgan fingerprint density at radius 3 is 2.72 bits per heavy atom. The van der Waals surface area contributed by atoms with E-state index in [4.69, 9.17) is 11.6 Å². The van der Waals surface area contributed by atoms with Gasteiger partial charge in [-0.05, 0) is 56.5 Å². The lowest BCUT2D eigenvalue weighted by atomic mass is 10.1. The van der Waals surface area contributed by atoms with E-state index in [2.05, 4.69) is 37.0 Å². The van der Waals surface area contributed by atoms with Gasteiger partial charge in [0.1, 0.15) is 6.10 Å². The average Bonchev–Trinajstić information content (AvgIpc) is 2.73. The molecule has 1 atom stereocenters. The molecule has 1 aromatic carbocycles. The molecule has 3 nitrogen and oxygen atoms in total. The van der Waals surface area contributed by atoms with Gasteiger partial charge in [0.05, 0.1) is 21.4 Å². The largest absolute Gasteiger partial charge is 0.382 e. The van der Waals surface area contributed by atoms with E-state index in [1.165, 1.54) is 0 Å². The van der Waals surface area contributed by atoms with Gasteiger partial charge in [0.2, 0.25) is 0 Å². The molecule has 0 saturated carbocycles. The number of halogens is 3. The highest BCUT2D eigenvalue weighted by Gasteiger charge is 2.19. The Morgan fingerprint density at radius 2 is 2.11 bits per heavy atom. The molecule has 2 aromatic rings. The number of hydrogen-bond donors (Lipinski definition) is 1. The Balaban J connectivity index is 2.44. The molecular weight excluding hydrogens is 383 g/mol. The molecule has 0 aliphatic carbocycles. The van der Waals surface area contributed by atoms with Crippen LogP contribution in [0.1, 0.15) is 24.3 Å². The summed E-state index contributed by atoms with van der Waals surface area (Å²) in [5.41, 5.74) is 1.47. The Hall–Kier alpha value is -0.360. The van der Waals surface area contributed by atoms with Crippen LogP contribution in [0.2, 0.25) is 5.02 Å². The molecule has 1 N–H and O–H groups in total. The summed E-state index contributed by atoms with van der Waals surface area (Å²) in [5, 5.41) is 15.2. The lowest BCUT2D eigenvalue weighted by molar-refractivity contribution is 0.207. The molecule has 0 spiro atoms. The number of aryl methyl sites for hydroxylation is 1. The van der Waals surface area contributed by atoms with Gasteiger partial charge in [-0.2, -0.15) is 5.10 Å². The quantitative estimate of drug-likeness (QED) is 0.849. The van der Waals surface area contributed by atoms with Crippen molar-refractivity contribution in [2.75, 3.05) is 0 Å². The number of rotatable bonds is 3. The normalized spacial score (nSPS) is 12.7. The van der Waals surface area contributed by atoms with Gasteiger partial charge in [-0.15, -0.1) is 0 Å². The van der Waals surface area contributed by atoms with Gasteiger partial charge in [-0.25, -0.2) is 0 Å². The molecule has 6 heteroatoms. The number of benzene rings is 1. The van der Waals surface area contributed by atoms with E-state index in [1.807, 2.05) is 19.1 Å². The van der Waals surface area contributed by atoms with Gasteiger partial charge in [0, 0.05) is 11.0 Å². The third-order valence-electron chi connectivity index (χ3n) is 2.65. The van der Waals surface area contributed by atoms with Crippen LogP contribution >= 0.6 is 43.5 Å². The highest BCUT2D eigenvalue weighted by molar-refractivity contribution is 9.10. The number of aliphatic hydroxyl groups is 1. The van der Waals surface area contributed by atoms with Crippen molar-refractivity contribution in [2.45, 2.75) is 19.6 Å². The first-order valence-corrected chi connectivity index (χ1v) is 7.35. The van der Waals surface area contributed by atoms with Gasteiger partial charge >= 0.3 is 0 Å². The predicted octanol–water partition coefficient (Wildman–Crippen LogP) is 4.16. The highest BCUT2D eigenvalue weighted by atomic mass is 79.9. The van der Waals surface area contributed by atoms with Crippen molar-refractivity contribution in [3.8, 4) is 0 Å². The average molecular weight is 394 g/mol. The summed E-state index contributed by atoms with van der Waals surface area (Å²) in [6.45, 7) is 2.67. The highest BCUT2D eigenvalue weighted by Crippen LogP contribution is 2.32. The van der Waals surface area contributed by atoms with Crippen LogP contribution < -0.4 is 0 Å². The van der Waals surface area contributed by atoms with Crippen LogP contribution in [0.5, 0.6) is 0 Å². The van der Waals surface area contributed by atoms with E-state index < -0.39 is 6.10 Å². The molecule has 18 heavy (non-hydrogen) atoms. The smallest absolute Gasteiger partial charge is 0.122 e. The molecule has 96 valence electrons. The Labute approximate surface area is 127 Å². The van der Waals surface area contributed by atoms with Crippen molar-refractivity contribution < 1.29 is 5.11 Å². The number of aromatic nitrogens is 2. The molecule has 0 amide bonds. The number of hydrogen-bond acceptors (Lipinski definition) is 2. The van der Waals surface area contributed by atoms with E-state index in [9.17, 15) is 5.11 Å². The Bertz CT molecular complexity index is 571. The standard InChI is InChI=1S/C12H11Br2ClN2O/c1-2-17-11(9(14)6-16-17)12(18)7-3-4-8(13)10(15)5-7/h3-6,12,18H,2H2,1H3. The van der Waals surface area contributed by atoms with Crippen molar-refractivity contribution in [1.82, 2.24) is 9.78 Å². The zero-order valence-electron chi connectivity index (χ0n) is 9.57. The summed E-state index contributed by atoms with van der Waals surface area (Å²) < 4.78 is 3.35. The van der Waals surface area contributed by atoms with Crippen molar-refractivity contribution in [3.05, 3.63) is 49.6 Å². The first kappa shape index (κ1) is 14.1. The summed E-state index contributed by atoms with van der Waals surface area (Å²) in [7, 11) is 0. The fraction of sp³-hybridized carbons (Fsp3) is 0.250. The van der Waals surface area contributed by atoms with Gasteiger partial charge in [-0.3, -0.25) is 4.68 Å². The molecular formula is C12H11Br2ClN2O. The van der Waals surface area contributed by atoms with Crippen LogP contribution in [-0.2, 0) is 6.54 Å². The maximum atomic E-state index is 10.4. The summed E-state index contributed by atoms with van der Waals surface area (Å²) in [4.78, 5) is 0. The van der Waals surface area contributed by atoms with Crippen molar-refractivity contribution in [3.63, 3.8) is 0 Å². The van der Waals surface area contributed by atoms with E-state index in [0.29, 0.717) is 11.6 Å². The molecule has 1 aromatic heterocycles. The van der Waals surface area contributed by atoms with E-state index in [1.54, 1.807) is 16.9 Å². The lowest BCUT2D eigenvalue weighted by Gasteiger charge is -2.14. The first-order valence-electron chi connectivity index (χ1n) is 5.38. The molecule has 1 heterocycles. The molecule has 0 fully saturated rings. The summed E-state index contributed by atoms with van der Waals surface area (Å²) in [5.74, 6) is 0. The fourth-order valence-corrected chi connectivity index (χ4v) is 2.68. The van der Waals surface area contributed by atoms with Crippen LogP contribution in [0.4, 0.5) is 0 Å². The first-order chi connectivity index (χ1) is 8.54. The van der Waals surface area contributed by atoms with Gasteiger partial charge < -0.3 is 5.11 Å². The van der Waals surface area contributed by atoms with E-state index in [0.717, 1.165) is 20.2 Å². The van der Waals surface area contributed by atoms with Gasteiger partial charge in [-0.1, -0.05) is 17.7 Å². The van der Waals surface area contributed by atoms with Crippen molar-refractivity contribution in [1.29, 1.82) is 0 Å². The maximum Gasteiger partial charge on any atom is 0.122 e. The van der Waals surface area contributed by atoms with Crippen LogP contribution in [0.3, 0.4) is 0 Å². The molecule has 0 saturated heterocycles. The topological polar surface area (TPSA) is 38.0 Å². The molecule has 2 rings (SSSR count). The van der Waals surface area contributed by atoms with Crippen LogP contribution in [0, 0.1) is 0 Å². The third kappa shape index (κ3) is 2.64. The van der Waals surface area contributed by atoms with E-state index in [-0.39, 0.29) is 0 Å². The Kier molecular flexibility index (Phi) is 4.48. The second-order valence-corrected chi connectivity index (χ2v) is 5.89. The van der Waals surface area contributed by atoms with E-state index >= 15 is 0 Å². The van der Waals surface area contributed by atoms with Crippen molar-refractivity contribution >= 4 is 43.5 Å². The van der Waals surface area contributed by atoms with Gasteiger partial charge in [0.15, 0.2) is 0 Å². The van der Waals surface area contributed by atoms with Crippen LogP contribution in [0.15, 0.2) is 33.3 Å². The fourth-order valence-electron chi connectivity index (χ4n) is 1.74. The SMILES string of the molecule is CCn1ncc(Br)c1C(O)c1ccc(Br)c(Cl)c1. The lowest BCUT2D eigenvalue weighted by Crippen LogP contribution is -2.09. The molecule has 0 bridgehead atoms. The summed E-state index contributed by atoms with van der Waals surface area (Å²) in [6.07, 6.45) is 0.926. The summed E-state index contributed by atoms with van der Waals surface area (Å²) >= 11 is 12.8. The second-order valence-electron chi connectivity index (χ2n) is 3.77.